The van der Waals surface area contributed by atoms with Crippen molar-refractivity contribution in [1.29, 1.82) is 5.26 Å². The Morgan fingerprint density at radius 1 is 1.08 bits per heavy atom. The second-order valence-electron chi connectivity index (χ2n) is 5.68. The van der Waals surface area contributed by atoms with E-state index in [2.05, 4.69) is 24.7 Å². The van der Waals surface area contributed by atoms with Gasteiger partial charge in [0.2, 0.25) is 0 Å². The fraction of sp³-hybridized carbons (Fsp3) is 0.211. The fourth-order valence-corrected chi connectivity index (χ4v) is 2.08. The first-order valence-corrected chi connectivity index (χ1v) is 7.82. The van der Waals surface area contributed by atoms with Gasteiger partial charge in [0, 0.05) is 5.56 Å². The Labute approximate surface area is 146 Å². The van der Waals surface area contributed by atoms with E-state index >= 15 is 0 Å². The second-order valence-corrected chi connectivity index (χ2v) is 5.68. The van der Waals surface area contributed by atoms with Crippen molar-refractivity contribution >= 4 is 11.8 Å². The van der Waals surface area contributed by atoms with Crippen molar-refractivity contribution in [3.05, 3.63) is 65.2 Å². The van der Waals surface area contributed by atoms with Crippen molar-refractivity contribution in [2.75, 3.05) is 6.61 Å². The highest BCUT2D eigenvalue weighted by molar-refractivity contribution is 5.95. The van der Waals surface area contributed by atoms with Crippen LogP contribution in [0.2, 0.25) is 0 Å². The zero-order chi connectivity index (χ0) is 18.2. The minimum absolute atomic E-state index is 0.314. The lowest BCUT2D eigenvalue weighted by Crippen LogP contribution is -2.43. The molecule has 0 fully saturated rings. The third-order valence-electron chi connectivity index (χ3n) is 3.52. The highest BCUT2D eigenvalue weighted by Gasteiger charge is 2.09. The molecule has 0 saturated carbocycles. The van der Waals surface area contributed by atoms with Crippen molar-refractivity contribution in [1.82, 2.24) is 10.9 Å². The molecule has 0 spiro atoms. The summed E-state index contributed by atoms with van der Waals surface area (Å²) in [5.74, 6) is -0.248. The predicted molar refractivity (Wildman–Crippen MR) is 92.8 cm³/mol. The number of hydrazine groups is 1. The number of hydrogen-bond donors (Lipinski definition) is 2. The molecule has 2 rings (SSSR count). The zero-order valence-electron chi connectivity index (χ0n) is 14.1. The summed E-state index contributed by atoms with van der Waals surface area (Å²) < 4.78 is 5.28. The predicted octanol–water partition coefficient (Wildman–Crippen LogP) is 2.52. The van der Waals surface area contributed by atoms with Crippen LogP contribution in [0.3, 0.4) is 0 Å². The van der Waals surface area contributed by atoms with E-state index in [0.717, 1.165) is 5.56 Å². The monoisotopic (exact) mass is 337 g/mol. The van der Waals surface area contributed by atoms with Gasteiger partial charge >= 0.3 is 0 Å². The van der Waals surface area contributed by atoms with Crippen LogP contribution in [0.15, 0.2) is 48.5 Å². The standard InChI is InChI=1S/C19H19N3O3/c1-13(2)14-7-9-15(10-8-14)19(24)22-21-18(23)12-25-17-6-4-3-5-16(17)11-20/h3-10,13H,12H2,1-2H3,(H,21,23)(H,22,24). The lowest BCUT2D eigenvalue weighted by atomic mass is 10.0. The molecule has 2 aromatic rings. The number of rotatable bonds is 5. The lowest BCUT2D eigenvalue weighted by Gasteiger charge is -2.10. The molecule has 2 amide bonds. The Morgan fingerprint density at radius 3 is 2.40 bits per heavy atom. The first-order chi connectivity index (χ1) is 12.0. The van der Waals surface area contributed by atoms with E-state index in [0.29, 0.717) is 22.8 Å². The summed E-state index contributed by atoms with van der Waals surface area (Å²) in [5, 5.41) is 8.95. The number of nitrogens with zero attached hydrogens (tertiary/aromatic N) is 1. The van der Waals surface area contributed by atoms with Crippen LogP contribution in [0, 0.1) is 11.3 Å². The minimum atomic E-state index is -0.528. The van der Waals surface area contributed by atoms with Crippen LogP contribution in [0.5, 0.6) is 5.75 Å². The number of nitriles is 1. The van der Waals surface area contributed by atoms with Crippen molar-refractivity contribution in [3.8, 4) is 11.8 Å². The molecule has 25 heavy (non-hydrogen) atoms. The average molecular weight is 337 g/mol. The quantitative estimate of drug-likeness (QED) is 0.820. The molecule has 0 radical (unpaired) electrons. The molecule has 2 N–H and O–H groups in total. The van der Waals surface area contributed by atoms with Gasteiger partial charge in [0.15, 0.2) is 6.61 Å². The zero-order valence-corrected chi connectivity index (χ0v) is 14.1. The van der Waals surface area contributed by atoms with Crippen LogP contribution in [0.1, 0.15) is 41.3 Å². The summed E-state index contributed by atoms with van der Waals surface area (Å²) >= 11 is 0. The fourth-order valence-electron chi connectivity index (χ4n) is 2.08. The molecule has 2 aromatic carbocycles. The Bertz CT molecular complexity index is 792. The largest absolute Gasteiger partial charge is 0.482 e. The maximum absolute atomic E-state index is 12.0. The molecule has 6 heteroatoms. The van der Waals surface area contributed by atoms with E-state index in [1.807, 2.05) is 18.2 Å². The van der Waals surface area contributed by atoms with E-state index in [1.165, 1.54) is 0 Å². The van der Waals surface area contributed by atoms with Gasteiger partial charge in [-0.2, -0.15) is 5.26 Å². The van der Waals surface area contributed by atoms with Gasteiger partial charge in [-0.15, -0.1) is 0 Å². The highest BCUT2D eigenvalue weighted by Crippen LogP contribution is 2.16. The first kappa shape index (κ1) is 18.0. The molecule has 0 aliphatic heterocycles. The topological polar surface area (TPSA) is 91.2 Å². The van der Waals surface area contributed by atoms with Crippen LogP contribution in [0.4, 0.5) is 0 Å². The van der Waals surface area contributed by atoms with Crippen LogP contribution in [0.25, 0.3) is 0 Å². The highest BCUT2D eigenvalue weighted by atomic mass is 16.5. The molecule has 0 atom stereocenters. The molecule has 0 aromatic heterocycles. The van der Waals surface area contributed by atoms with Gasteiger partial charge in [-0.05, 0) is 35.7 Å². The summed E-state index contributed by atoms with van der Waals surface area (Å²) in [6.07, 6.45) is 0. The van der Waals surface area contributed by atoms with E-state index < -0.39 is 11.8 Å². The van der Waals surface area contributed by atoms with Gasteiger partial charge < -0.3 is 4.74 Å². The van der Waals surface area contributed by atoms with Crippen molar-refractivity contribution in [2.24, 2.45) is 0 Å². The van der Waals surface area contributed by atoms with Gasteiger partial charge in [-0.25, -0.2) is 0 Å². The first-order valence-electron chi connectivity index (χ1n) is 7.82. The summed E-state index contributed by atoms with van der Waals surface area (Å²) in [4.78, 5) is 23.8. The summed E-state index contributed by atoms with van der Waals surface area (Å²) in [5.41, 5.74) is 6.52. The normalized spacial score (nSPS) is 10.0. The van der Waals surface area contributed by atoms with Crippen LogP contribution >= 0.6 is 0 Å². The maximum atomic E-state index is 12.0. The molecule has 0 heterocycles. The number of amides is 2. The van der Waals surface area contributed by atoms with E-state index in [4.69, 9.17) is 10.00 Å². The van der Waals surface area contributed by atoms with Crippen LogP contribution in [-0.2, 0) is 4.79 Å². The molecule has 0 saturated heterocycles. The third-order valence-corrected chi connectivity index (χ3v) is 3.52. The number of hydrogen-bond acceptors (Lipinski definition) is 4. The number of nitrogens with one attached hydrogen (secondary N) is 2. The summed E-state index contributed by atoms with van der Waals surface area (Å²) in [6, 6.07) is 15.7. The average Bonchev–Trinajstić information content (AvgIpc) is 2.64. The smallest absolute Gasteiger partial charge is 0.276 e. The number of para-hydroxylation sites is 1. The van der Waals surface area contributed by atoms with Crippen LogP contribution < -0.4 is 15.6 Å². The molecule has 0 aliphatic carbocycles. The van der Waals surface area contributed by atoms with Crippen molar-refractivity contribution in [3.63, 3.8) is 0 Å². The Balaban J connectivity index is 1.83. The number of benzene rings is 2. The van der Waals surface area contributed by atoms with Crippen LogP contribution in [-0.4, -0.2) is 18.4 Å². The van der Waals surface area contributed by atoms with Gasteiger partial charge in [0.25, 0.3) is 11.8 Å². The number of carbonyl (C=O) groups is 2. The maximum Gasteiger partial charge on any atom is 0.276 e. The molecule has 6 nitrogen and oxygen atoms in total. The SMILES string of the molecule is CC(C)c1ccc(C(=O)NNC(=O)COc2ccccc2C#N)cc1. The molecule has 0 aliphatic rings. The number of ether oxygens (including phenoxy) is 1. The van der Waals surface area contributed by atoms with E-state index in [-0.39, 0.29) is 6.61 Å². The summed E-state index contributed by atoms with van der Waals surface area (Å²) in [7, 11) is 0. The molecule has 0 bridgehead atoms. The third kappa shape index (κ3) is 5.08. The van der Waals surface area contributed by atoms with Gasteiger partial charge in [-0.3, -0.25) is 20.4 Å². The van der Waals surface area contributed by atoms with Gasteiger partial charge in [0.05, 0.1) is 5.56 Å². The Kier molecular flexibility index (Phi) is 6.13. The van der Waals surface area contributed by atoms with E-state index in [1.54, 1.807) is 36.4 Å². The van der Waals surface area contributed by atoms with Gasteiger partial charge in [-0.1, -0.05) is 38.1 Å². The molecular weight excluding hydrogens is 318 g/mol. The molecule has 0 unspecified atom stereocenters. The molecular formula is C19H19N3O3. The van der Waals surface area contributed by atoms with Gasteiger partial charge in [0.1, 0.15) is 11.8 Å². The Hall–Kier alpha value is -3.33. The lowest BCUT2D eigenvalue weighted by molar-refractivity contribution is -0.123. The number of carbonyl (C=O) groups excluding carboxylic acids is 2. The summed E-state index contributed by atoms with van der Waals surface area (Å²) in [6.45, 7) is 3.82. The van der Waals surface area contributed by atoms with Crippen molar-refractivity contribution < 1.29 is 14.3 Å². The molecule has 128 valence electrons. The van der Waals surface area contributed by atoms with E-state index in [9.17, 15) is 9.59 Å². The minimum Gasteiger partial charge on any atom is -0.482 e. The second kappa shape index (κ2) is 8.50. The Morgan fingerprint density at radius 2 is 1.76 bits per heavy atom. The van der Waals surface area contributed by atoms with Crippen molar-refractivity contribution in [2.45, 2.75) is 19.8 Å².